The minimum Gasteiger partial charge on any atom is -0.342 e. The van der Waals surface area contributed by atoms with Crippen molar-refractivity contribution in [3.63, 3.8) is 0 Å². The second kappa shape index (κ2) is 9.25. The van der Waals surface area contributed by atoms with Gasteiger partial charge < -0.3 is 9.80 Å². The Balaban J connectivity index is 1.20. The maximum absolute atomic E-state index is 12.9. The molecule has 0 unspecified atom stereocenters. The molecule has 2 aliphatic heterocycles. The number of nitrogens with zero attached hydrogens (tertiary/aromatic N) is 5. The van der Waals surface area contributed by atoms with E-state index in [-0.39, 0.29) is 5.91 Å². The molecule has 3 heterocycles. The number of fused-ring (bicyclic) bond motifs is 1. The molecule has 0 bridgehead atoms. The van der Waals surface area contributed by atoms with Crippen molar-refractivity contribution in [1.29, 1.82) is 0 Å². The fraction of sp³-hybridized carbons (Fsp3) is 0.542. The molecule has 2 fully saturated rings. The topological polar surface area (TPSA) is 52.6 Å². The monoisotopic (exact) mass is 483 g/mol. The molecule has 6 nitrogen and oxygen atoms in total. The maximum atomic E-state index is 12.9. The van der Waals surface area contributed by atoms with Crippen LogP contribution in [0.3, 0.4) is 0 Å². The van der Waals surface area contributed by atoms with E-state index in [0.717, 1.165) is 79.8 Å². The van der Waals surface area contributed by atoms with Crippen LogP contribution >= 0.6 is 15.9 Å². The molecular formula is C24H30BrN5O. The highest BCUT2D eigenvalue weighted by Gasteiger charge is 2.29. The van der Waals surface area contributed by atoms with Crippen LogP contribution in [0, 0.1) is 0 Å². The SMILES string of the molecule is O=C(Cc1cccc(Br)c1)N1CCc2cnc(N3CCN(C4CCC4)CC3)nc2CC1. The number of benzene rings is 1. The van der Waals surface area contributed by atoms with E-state index in [2.05, 4.69) is 25.7 Å². The van der Waals surface area contributed by atoms with E-state index in [4.69, 9.17) is 9.97 Å². The lowest BCUT2D eigenvalue weighted by atomic mass is 9.91. The van der Waals surface area contributed by atoms with Gasteiger partial charge in [0.25, 0.3) is 0 Å². The third kappa shape index (κ3) is 4.77. The van der Waals surface area contributed by atoms with Crippen molar-refractivity contribution >= 4 is 27.8 Å². The van der Waals surface area contributed by atoms with Gasteiger partial charge in [-0.1, -0.05) is 34.5 Å². The molecule has 1 saturated carbocycles. The van der Waals surface area contributed by atoms with Gasteiger partial charge in [0.2, 0.25) is 11.9 Å². The average Bonchev–Trinajstić information content (AvgIpc) is 2.95. The summed E-state index contributed by atoms with van der Waals surface area (Å²) in [4.78, 5) is 29.5. The normalized spacial score (nSPS) is 20.2. The number of hydrogen-bond donors (Lipinski definition) is 0. The maximum Gasteiger partial charge on any atom is 0.227 e. The number of amides is 1. The number of aromatic nitrogens is 2. The molecule has 0 atom stereocenters. The van der Waals surface area contributed by atoms with E-state index < -0.39 is 0 Å². The number of piperazine rings is 1. The molecule has 0 spiro atoms. The largest absolute Gasteiger partial charge is 0.342 e. The smallest absolute Gasteiger partial charge is 0.227 e. The molecule has 1 aliphatic carbocycles. The molecule has 164 valence electrons. The van der Waals surface area contributed by atoms with Gasteiger partial charge in [-0.3, -0.25) is 9.69 Å². The Kier molecular flexibility index (Phi) is 6.23. The Bertz CT molecular complexity index is 939. The van der Waals surface area contributed by atoms with Gasteiger partial charge in [0, 0.05) is 62.4 Å². The van der Waals surface area contributed by atoms with Crippen LogP contribution in [-0.4, -0.2) is 71.0 Å². The van der Waals surface area contributed by atoms with Gasteiger partial charge >= 0.3 is 0 Å². The molecular weight excluding hydrogens is 454 g/mol. The van der Waals surface area contributed by atoms with Crippen molar-refractivity contribution in [3.8, 4) is 0 Å². The number of rotatable bonds is 4. The second-order valence-electron chi connectivity index (χ2n) is 8.94. The summed E-state index contributed by atoms with van der Waals surface area (Å²) < 4.78 is 1.01. The summed E-state index contributed by atoms with van der Waals surface area (Å²) in [6.45, 7) is 5.71. The number of anilines is 1. The standard InChI is InChI=1S/C24H30BrN5O/c25-20-4-1-3-18(15-20)16-23(31)29-9-7-19-17-26-24(27-22(19)8-10-29)30-13-11-28(12-14-30)21-5-2-6-21/h1,3-4,15,17,21H,2,5-14,16H2. The zero-order chi connectivity index (χ0) is 21.2. The fourth-order valence-electron chi connectivity index (χ4n) is 4.84. The van der Waals surface area contributed by atoms with E-state index in [1.54, 1.807) is 0 Å². The predicted octanol–water partition coefficient (Wildman–Crippen LogP) is 3.08. The Morgan fingerprint density at radius 3 is 2.61 bits per heavy atom. The van der Waals surface area contributed by atoms with Gasteiger partial charge in [-0.05, 0) is 42.5 Å². The molecule has 1 aromatic heterocycles. The van der Waals surface area contributed by atoms with Gasteiger partial charge in [0.05, 0.1) is 12.1 Å². The van der Waals surface area contributed by atoms with Crippen molar-refractivity contribution in [3.05, 3.63) is 51.8 Å². The van der Waals surface area contributed by atoms with Crippen LogP contribution in [-0.2, 0) is 24.1 Å². The summed E-state index contributed by atoms with van der Waals surface area (Å²) in [5, 5.41) is 0. The molecule has 0 radical (unpaired) electrons. The highest BCUT2D eigenvalue weighted by molar-refractivity contribution is 9.10. The van der Waals surface area contributed by atoms with E-state index in [1.165, 1.54) is 24.8 Å². The van der Waals surface area contributed by atoms with Crippen molar-refractivity contribution in [2.75, 3.05) is 44.2 Å². The zero-order valence-corrected chi connectivity index (χ0v) is 19.6. The lowest BCUT2D eigenvalue weighted by Gasteiger charge is -2.43. The zero-order valence-electron chi connectivity index (χ0n) is 18.0. The van der Waals surface area contributed by atoms with Crippen molar-refractivity contribution < 1.29 is 4.79 Å². The lowest BCUT2D eigenvalue weighted by molar-refractivity contribution is -0.130. The summed E-state index contributed by atoms with van der Waals surface area (Å²) in [5.74, 6) is 1.05. The number of hydrogen-bond acceptors (Lipinski definition) is 5. The minimum absolute atomic E-state index is 0.186. The van der Waals surface area contributed by atoms with Gasteiger partial charge in [0.1, 0.15) is 0 Å². The van der Waals surface area contributed by atoms with E-state index in [1.807, 2.05) is 35.4 Å². The average molecular weight is 484 g/mol. The lowest BCUT2D eigenvalue weighted by Crippen LogP contribution is -2.52. The molecule has 2 aromatic rings. The molecule has 1 aromatic carbocycles. The summed E-state index contributed by atoms with van der Waals surface area (Å²) in [7, 11) is 0. The Hall–Kier alpha value is -1.99. The quantitative estimate of drug-likeness (QED) is 0.668. The Morgan fingerprint density at radius 2 is 1.87 bits per heavy atom. The predicted molar refractivity (Wildman–Crippen MR) is 125 cm³/mol. The third-order valence-electron chi connectivity index (χ3n) is 7.00. The van der Waals surface area contributed by atoms with Crippen LogP contribution in [0.25, 0.3) is 0 Å². The molecule has 3 aliphatic rings. The van der Waals surface area contributed by atoms with Gasteiger partial charge in [-0.15, -0.1) is 0 Å². The molecule has 0 N–H and O–H groups in total. The fourth-order valence-corrected chi connectivity index (χ4v) is 5.29. The van der Waals surface area contributed by atoms with Crippen LogP contribution in [0.5, 0.6) is 0 Å². The molecule has 5 rings (SSSR count). The van der Waals surface area contributed by atoms with Gasteiger partial charge in [0.15, 0.2) is 0 Å². The number of halogens is 1. The molecule has 1 amide bonds. The number of carbonyl (C=O) groups is 1. The van der Waals surface area contributed by atoms with E-state index >= 15 is 0 Å². The summed E-state index contributed by atoms with van der Waals surface area (Å²) in [5.41, 5.74) is 3.35. The first-order valence-corrected chi connectivity index (χ1v) is 12.3. The van der Waals surface area contributed by atoms with Gasteiger partial charge in [-0.2, -0.15) is 0 Å². The first kappa shape index (κ1) is 20.9. The van der Waals surface area contributed by atoms with Crippen molar-refractivity contribution in [2.45, 2.75) is 44.6 Å². The van der Waals surface area contributed by atoms with Crippen LogP contribution in [0.4, 0.5) is 5.95 Å². The highest BCUT2D eigenvalue weighted by atomic mass is 79.9. The number of carbonyl (C=O) groups excluding carboxylic acids is 1. The van der Waals surface area contributed by atoms with Crippen LogP contribution in [0.15, 0.2) is 34.9 Å². The minimum atomic E-state index is 0.186. The Morgan fingerprint density at radius 1 is 1.06 bits per heavy atom. The highest BCUT2D eigenvalue weighted by Crippen LogP contribution is 2.26. The van der Waals surface area contributed by atoms with Crippen molar-refractivity contribution in [1.82, 2.24) is 19.8 Å². The van der Waals surface area contributed by atoms with Gasteiger partial charge in [-0.25, -0.2) is 9.97 Å². The summed E-state index contributed by atoms with van der Waals surface area (Å²) in [6.07, 6.45) is 8.20. The first-order chi connectivity index (χ1) is 15.2. The third-order valence-corrected chi connectivity index (χ3v) is 7.49. The first-order valence-electron chi connectivity index (χ1n) is 11.5. The van der Waals surface area contributed by atoms with Crippen LogP contribution in [0.1, 0.15) is 36.1 Å². The summed E-state index contributed by atoms with van der Waals surface area (Å²) >= 11 is 3.49. The summed E-state index contributed by atoms with van der Waals surface area (Å²) in [6, 6.07) is 8.81. The molecule has 31 heavy (non-hydrogen) atoms. The van der Waals surface area contributed by atoms with E-state index in [9.17, 15) is 4.79 Å². The Labute approximate surface area is 192 Å². The van der Waals surface area contributed by atoms with Crippen LogP contribution in [0.2, 0.25) is 0 Å². The van der Waals surface area contributed by atoms with Crippen molar-refractivity contribution in [2.24, 2.45) is 0 Å². The van der Waals surface area contributed by atoms with Crippen LogP contribution < -0.4 is 4.90 Å². The second-order valence-corrected chi connectivity index (χ2v) is 9.85. The van der Waals surface area contributed by atoms with E-state index in [0.29, 0.717) is 6.42 Å². The molecule has 1 saturated heterocycles. The molecule has 7 heteroatoms.